The minimum Gasteiger partial charge on any atom is -0.358 e. The van der Waals surface area contributed by atoms with E-state index in [0.29, 0.717) is 0 Å². The van der Waals surface area contributed by atoms with Gasteiger partial charge >= 0.3 is 5.82 Å². The Balaban J connectivity index is 1.72. The van der Waals surface area contributed by atoms with Crippen LogP contribution in [0.4, 0.5) is 5.82 Å². The maximum Gasteiger partial charge on any atom is 0.362 e. The molecule has 3 aromatic rings. The Kier molecular flexibility index (Phi) is 4.53. The number of carbonyl (C=O) groups excluding carboxylic acids is 1. The maximum absolute atomic E-state index is 12.2. The Hall–Kier alpha value is -3.13. The van der Waals surface area contributed by atoms with Crippen molar-refractivity contribution in [3.8, 4) is 5.69 Å². The van der Waals surface area contributed by atoms with Crippen molar-refractivity contribution in [2.24, 2.45) is 0 Å². The van der Waals surface area contributed by atoms with Crippen LogP contribution in [0.3, 0.4) is 0 Å². The summed E-state index contributed by atoms with van der Waals surface area (Å²) in [5, 5.41) is 18.9. The van der Waals surface area contributed by atoms with Crippen LogP contribution in [0.1, 0.15) is 29.0 Å². The van der Waals surface area contributed by atoms with Crippen molar-refractivity contribution in [1.82, 2.24) is 20.1 Å². The highest BCUT2D eigenvalue weighted by molar-refractivity contribution is 6.35. The molecular weight excluding hydrogens is 346 g/mol. The van der Waals surface area contributed by atoms with Crippen LogP contribution in [0.5, 0.6) is 0 Å². The number of halogens is 1. The van der Waals surface area contributed by atoms with Gasteiger partial charge in [-0.05, 0) is 41.7 Å². The zero-order chi connectivity index (χ0) is 18.0. The minimum atomic E-state index is -0.727. The van der Waals surface area contributed by atoms with E-state index in [2.05, 4.69) is 15.5 Å². The summed E-state index contributed by atoms with van der Waals surface area (Å²) in [5.41, 5.74) is 1.67. The normalized spacial score (nSPS) is 11.9. The highest BCUT2D eigenvalue weighted by Gasteiger charge is 2.26. The van der Waals surface area contributed by atoms with Gasteiger partial charge in [-0.15, -0.1) is 5.10 Å². The number of aromatic amines is 1. The average molecular weight is 360 g/mol. The third-order valence-electron chi connectivity index (χ3n) is 3.73. The predicted octanol–water partition coefficient (Wildman–Crippen LogP) is 3.25. The molecule has 0 aliphatic heterocycles. The molecule has 1 amide bonds. The fraction of sp³-hybridized carbons (Fsp3) is 0.125. The average Bonchev–Trinajstić information content (AvgIpc) is 3.24. The lowest BCUT2D eigenvalue weighted by Gasteiger charge is -2.14. The summed E-state index contributed by atoms with van der Waals surface area (Å²) in [6.07, 6.45) is 3.87. The van der Waals surface area contributed by atoms with Crippen molar-refractivity contribution in [2.45, 2.75) is 13.0 Å². The Morgan fingerprint density at radius 3 is 2.52 bits per heavy atom. The fourth-order valence-corrected chi connectivity index (χ4v) is 2.62. The Morgan fingerprint density at radius 1 is 1.32 bits per heavy atom. The highest BCUT2D eigenvalue weighted by Crippen LogP contribution is 2.25. The minimum absolute atomic E-state index is 0.204. The van der Waals surface area contributed by atoms with Crippen LogP contribution < -0.4 is 5.32 Å². The van der Waals surface area contributed by atoms with Crippen LogP contribution in [-0.2, 0) is 0 Å². The molecule has 3 rings (SSSR count). The van der Waals surface area contributed by atoms with Crippen molar-refractivity contribution in [1.29, 1.82) is 0 Å². The molecule has 0 saturated heterocycles. The zero-order valence-corrected chi connectivity index (χ0v) is 13.9. The number of nitrogens with zero attached hydrogens (tertiary/aromatic N) is 3. The molecule has 1 unspecified atom stereocenters. The summed E-state index contributed by atoms with van der Waals surface area (Å²) in [7, 11) is 0. The Bertz CT molecular complexity index is 903. The first-order valence-electron chi connectivity index (χ1n) is 7.40. The number of hydrogen-bond acceptors (Lipinski definition) is 4. The Morgan fingerprint density at radius 2 is 1.96 bits per heavy atom. The topological polar surface area (TPSA) is 106 Å². The summed E-state index contributed by atoms with van der Waals surface area (Å²) in [4.78, 5) is 22.3. The molecule has 0 saturated carbocycles. The predicted molar refractivity (Wildman–Crippen MR) is 91.9 cm³/mol. The number of aromatic nitrogens is 3. The van der Waals surface area contributed by atoms with E-state index >= 15 is 0 Å². The third kappa shape index (κ3) is 3.38. The molecule has 0 fully saturated rings. The summed E-state index contributed by atoms with van der Waals surface area (Å²) >= 11 is 5.82. The van der Waals surface area contributed by atoms with Gasteiger partial charge in [0.25, 0.3) is 5.91 Å². The lowest BCUT2D eigenvalue weighted by molar-refractivity contribution is -0.389. The quantitative estimate of drug-likeness (QED) is 0.538. The van der Waals surface area contributed by atoms with Crippen LogP contribution >= 0.6 is 11.6 Å². The first-order valence-corrected chi connectivity index (χ1v) is 7.77. The number of carbonyl (C=O) groups is 1. The van der Waals surface area contributed by atoms with E-state index in [-0.39, 0.29) is 16.8 Å². The van der Waals surface area contributed by atoms with Crippen molar-refractivity contribution in [2.75, 3.05) is 0 Å². The van der Waals surface area contributed by atoms with Gasteiger partial charge in [0.05, 0.1) is 6.04 Å². The number of rotatable bonds is 5. The van der Waals surface area contributed by atoms with Gasteiger partial charge in [-0.1, -0.05) is 28.8 Å². The van der Waals surface area contributed by atoms with E-state index < -0.39 is 16.6 Å². The van der Waals surface area contributed by atoms with E-state index in [1.165, 1.54) is 0 Å². The second-order valence-corrected chi connectivity index (χ2v) is 5.75. The van der Waals surface area contributed by atoms with Crippen molar-refractivity contribution in [3.63, 3.8) is 0 Å². The maximum atomic E-state index is 12.2. The first kappa shape index (κ1) is 16.7. The van der Waals surface area contributed by atoms with E-state index in [0.717, 1.165) is 11.3 Å². The number of amides is 1. The largest absolute Gasteiger partial charge is 0.362 e. The van der Waals surface area contributed by atoms with Crippen LogP contribution in [0.15, 0.2) is 48.8 Å². The summed E-state index contributed by atoms with van der Waals surface area (Å²) < 4.78 is 1.97. The number of H-pyrrole nitrogens is 1. The van der Waals surface area contributed by atoms with Crippen molar-refractivity contribution < 1.29 is 9.72 Å². The molecule has 0 radical (unpaired) electrons. The molecule has 8 nitrogen and oxygen atoms in total. The van der Waals surface area contributed by atoms with Gasteiger partial charge in [-0.2, -0.15) is 0 Å². The molecule has 2 aromatic heterocycles. The molecule has 2 N–H and O–H groups in total. The smallest absolute Gasteiger partial charge is 0.358 e. The summed E-state index contributed by atoms with van der Waals surface area (Å²) in [6, 6.07) is 11.2. The third-order valence-corrected chi connectivity index (χ3v) is 4.09. The number of nitrogens with one attached hydrogen (secondary N) is 2. The van der Waals surface area contributed by atoms with Gasteiger partial charge in [-0.3, -0.25) is 4.79 Å². The SMILES string of the molecule is CC(NC(=O)c1n[nH]c([N+](=O)[O-])c1Cl)c1ccc(-n2cccc2)cc1. The van der Waals surface area contributed by atoms with E-state index in [9.17, 15) is 14.9 Å². The lowest BCUT2D eigenvalue weighted by Crippen LogP contribution is -2.27. The first-order chi connectivity index (χ1) is 12.0. The molecule has 0 bridgehead atoms. The molecule has 1 atom stereocenters. The summed E-state index contributed by atoms with van der Waals surface area (Å²) in [6.45, 7) is 1.80. The van der Waals surface area contributed by atoms with Gasteiger partial charge in [0.2, 0.25) is 0 Å². The fourth-order valence-electron chi connectivity index (χ4n) is 2.38. The van der Waals surface area contributed by atoms with Crippen molar-refractivity contribution in [3.05, 3.63) is 75.2 Å². The molecule has 9 heteroatoms. The van der Waals surface area contributed by atoms with Crippen LogP contribution in [0.25, 0.3) is 5.69 Å². The monoisotopic (exact) mass is 359 g/mol. The molecule has 0 aliphatic carbocycles. The number of nitro groups is 1. The highest BCUT2D eigenvalue weighted by atomic mass is 35.5. The van der Waals surface area contributed by atoms with Gasteiger partial charge in [0.15, 0.2) is 10.7 Å². The molecule has 0 spiro atoms. The molecule has 1 aromatic carbocycles. The van der Waals surface area contributed by atoms with E-state index in [1.54, 1.807) is 6.92 Å². The van der Waals surface area contributed by atoms with Gasteiger partial charge in [0, 0.05) is 18.1 Å². The zero-order valence-electron chi connectivity index (χ0n) is 13.1. The van der Waals surface area contributed by atoms with Gasteiger partial charge in [-0.25, -0.2) is 0 Å². The van der Waals surface area contributed by atoms with E-state index in [4.69, 9.17) is 11.6 Å². The van der Waals surface area contributed by atoms with E-state index in [1.807, 2.05) is 53.4 Å². The number of hydrogen-bond donors (Lipinski definition) is 2. The Labute approximate surface area is 147 Å². The molecule has 0 aliphatic rings. The van der Waals surface area contributed by atoms with Crippen LogP contribution in [0, 0.1) is 10.1 Å². The van der Waals surface area contributed by atoms with Crippen LogP contribution in [0.2, 0.25) is 5.02 Å². The van der Waals surface area contributed by atoms with Crippen LogP contribution in [-0.4, -0.2) is 25.6 Å². The van der Waals surface area contributed by atoms with Gasteiger partial charge in [0.1, 0.15) is 0 Å². The van der Waals surface area contributed by atoms with Crippen molar-refractivity contribution >= 4 is 23.3 Å². The summed E-state index contributed by atoms with van der Waals surface area (Å²) in [5.74, 6) is -1.09. The second kappa shape index (κ2) is 6.78. The second-order valence-electron chi connectivity index (χ2n) is 5.37. The standard InChI is InChI=1S/C16H14ClN5O3/c1-10(11-4-6-12(7-5-11)21-8-2-3-9-21)18-16(23)14-13(17)15(20-19-14)22(24)25/h2-10H,1H3,(H,18,23)(H,19,20). The lowest BCUT2D eigenvalue weighted by atomic mass is 10.1. The molecule has 2 heterocycles. The molecule has 128 valence electrons. The number of benzene rings is 1. The molecular formula is C16H14ClN5O3. The molecule has 25 heavy (non-hydrogen) atoms. The van der Waals surface area contributed by atoms with Gasteiger partial charge < -0.3 is 20.0 Å².